The van der Waals surface area contributed by atoms with Crippen LogP contribution < -0.4 is 5.32 Å². The van der Waals surface area contributed by atoms with Crippen molar-refractivity contribution in [2.45, 2.75) is 97.6 Å². The molecule has 116 valence electrons. The standard InChI is InChI=1S/C19H35N/c1-14(15-9-7-5-6-8-10-15)20-17-18(2,3)16-11-12-19(17,4)13-16/h14-17,20H,5-13H2,1-4H3/t14-,16?,17?,19?/m1/s1. The van der Waals surface area contributed by atoms with Gasteiger partial charge in [0.05, 0.1) is 0 Å². The lowest BCUT2D eigenvalue weighted by Crippen LogP contribution is -2.54. The van der Waals surface area contributed by atoms with Crippen molar-refractivity contribution >= 4 is 0 Å². The van der Waals surface area contributed by atoms with Gasteiger partial charge in [-0.3, -0.25) is 0 Å². The third kappa shape index (κ3) is 2.45. The van der Waals surface area contributed by atoms with Crippen molar-refractivity contribution in [2.24, 2.45) is 22.7 Å². The number of hydrogen-bond acceptors (Lipinski definition) is 1. The molecule has 1 heteroatoms. The number of nitrogens with one attached hydrogen (secondary N) is 1. The van der Waals surface area contributed by atoms with Crippen LogP contribution in [0.25, 0.3) is 0 Å². The molecule has 4 atom stereocenters. The van der Waals surface area contributed by atoms with Gasteiger partial charge in [-0.15, -0.1) is 0 Å². The molecule has 3 rings (SSSR count). The van der Waals surface area contributed by atoms with Crippen LogP contribution in [0.4, 0.5) is 0 Å². The van der Waals surface area contributed by atoms with E-state index in [4.69, 9.17) is 0 Å². The molecule has 3 unspecified atom stereocenters. The molecule has 0 saturated heterocycles. The predicted molar refractivity (Wildman–Crippen MR) is 86.8 cm³/mol. The van der Waals surface area contributed by atoms with Crippen molar-refractivity contribution < 1.29 is 0 Å². The van der Waals surface area contributed by atoms with Crippen molar-refractivity contribution in [1.29, 1.82) is 0 Å². The Bertz CT molecular complexity index is 335. The van der Waals surface area contributed by atoms with E-state index in [2.05, 4.69) is 33.0 Å². The van der Waals surface area contributed by atoms with E-state index in [0.717, 1.165) is 17.9 Å². The number of hydrogen-bond donors (Lipinski definition) is 1. The van der Waals surface area contributed by atoms with Gasteiger partial charge in [0.25, 0.3) is 0 Å². The van der Waals surface area contributed by atoms with Crippen LogP contribution >= 0.6 is 0 Å². The first kappa shape index (κ1) is 14.9. The molecule has 0 aromatic heterocycles. The van der Waals surface area contributed by atoms with Gasteiger partial charge in [-0.1, -0.05) is 46.5 Å². The Balaban J connectivity index is 1.67. The summed E-state index contributed by atoms with van der Waals surface area (Å²) in [6.45, 7) is 10.1. The summed E-state index contributed by atoms with van der Waals surface area (Å²) in [5.74, 6) is 1.89. The molecule has 3 saturated carbocycles. The van der Waals surface area contributed by atoms with Crippen LogP contribution in [0.15, 0.2) is 0 Å². The SMILES string of the molecule is C[C@@H](NC1C2(C)CCC(C2)C1(C)C)C1CCCCCC1. The zero-order valence-corrected chi connectivity index (χ0v) is 14.2. The monoisotopic (exact) mass is 277 g/mol. The molecule has 0 radical (unpaired) electrons. The average molecular weight is 277 g/mol. The quantitative estimate of drug-likeness (QED) is 0.703. The minimum atomic E-state index is 0.506. The van der Waals surface area contributed by atoms with Gasteiger partial charge in [0.2, 0.25) is 0 Å². The summed E-state index contributed by atoms with van der Waals surface area (Å²) in [7, 11) is 0. The minimum Gasteiger partial charge on any atom is -0.310 e. The summed E-state index contributed by atoms with van der Waals surface area (Å²) in [5, 5.41) is 4.14. The van der Waals surface area contributed by atoms with Crippen LogP contribution in [0.3, 0.4) is 0 Å². The van der Waals surface area contributed by atoms with Gasteiger partial charge < -0.3 is 5.32 Å². The van der Waals surface area contributed by atoms with E-state index in [0.29, 0.717) is 16.9 Å². The third-order valence-corrected chi connectivity index (χ3v) is 7.31. The van der Waals surface area contributed by atoms with Gasteiger partial charge in [0.15, 0.2) is 0 Å². The second-order valence-electron chi connectivity index (χ2n) is 9.06. The zero-order chi connectivity index (χ0) is 14.4. The Morgan fingerprint density at radius 2 is 1.60 bits per heavy atom. The molecule has 1 nitrogen and oxygen atoms in total. The van der Waals surface area contributed by atoms with Gasteiger partial charge in [-0.2, -0.15) is 0 Å². The molecule has 0 amide bonds. The van der Waals surface area contributed by atoms with Crippen LogP contribution in [0.5, 0.6) is 0 Å². The van der Waals surface area contributed by atoms with Crippen molar-refractivity contribution in [2.75, 3.05) is 0 Å². The van der Waals surface area contributed by atoms with E-state index in [1.54, 1.807) is 0 Å². The fourth-order valence-corrected chi connectivity index (χ4v) is 5.93. The Morgan fingerprint density at radius 1 is 0.950 bits per heavy atom. The molecule has 0 aliphatic heterocycles. The van der Waals surface area contributed by atoms with Gasteiger partial charge >= 0.3 is 0 Å². The molecule has 0 aromatic rings. The molecule has 0 heterocycles. The highest BCUT2D eigenvalue weighted by molar-refractivity contribution is 5.12. The van der Waals surface area contributed by atoms with Crippen LogP contribution in [0, 0.1) is 22.7 Å². The van der Waals surface area contributed by atoms with Crippen LogP contribution in [-0.2, 0) is 0 Å². The fraction of sp³-hybridized carbons (Fsp3) is 1.00. The van der Waals surface area contributed by atoms with Crippen molar-refractivity contribution in [3.05, 3.63) is 0 Å². The molecule has 3 fully saturated rings. The molecular formula is C19H35N. The first-order chi connectivity index (χ1) is 9.43. The third-order valence-electron chi connectivity index (χ3n) is 7.31. The lowest BCUT2D eigenvalue weighted by Gasteiger charge is -2.45. The maximum absolute atomic E-state index is 4.14. The van der Waals surface area contributed by atoms with Gasteiger partial charge in [0, 0.05) is 12.1 Å². The Hall–Kier alpha value is -0.0400. The molecule has 2 bridgehead atoms. The maximum Gasteiger partial charge on any atom is 0.0177 e. The van der Waals surface area contributed by atoms with E-state index in [9.17, 15) is 0 Å². The lowest BCUT2D eigenvalue weighted by molar-refractivity contribution is 0.0902. The van der Waals surface area contributed by atoms with E-state index in [-0.39, 0.29) is 0 Å². The largest absolute Gasteiger partial charge is 0.310 e. The smallest absolute Gasteiger partial charge is 0.0177 e. The zero-order valence-electron chi connectivity index (χ0n) is 14.2. The number of rotatable bonds is 3. The normalized spacial score (nSPS) is 42.6. The summed E-state index contributed by atoms with van der Waals surface area (Å²) in [6, 6.07) is 1.46. The lowest BCUT2D eigenvalue weighted by atomic mass is 9.68. The van der Waals surface area contributed by atoms with E-state index < -0.39 is 0 Å². The van der Waals surface area contributed by atoms with Crippen molar-refractivity contribution in [3.63, 3.8) is 0 Å². The van der Waals surface area contributed by atoms with Crippen LogP contribution in [0.2, 0.25) is 0 Å². The van der Waals surface area contributed by atoms with Crippen LogP contribution in [0.1, 0.15) is 85.5 Å². The summed E-state index contributed by atoms with van der Waals surface area (Å²) >= 11 is 0. The molecular weight excluding hydrogens is 242 g/mol. The van der Waals surface area contributed by atoms with Gasteiger partial charge in [-0.05, 0) is 61.7 Å². The van der Waals surface area contributed by atoms with E-state index >= 15 is 0 Å². The molecule has 3 aliphatic rings. The Kier molecular flexibility index (Phi) is 3.95. The molecule has 3 aliphatic carbocycles. The second-order valence-corrected chi connectivity index (χ2v) is 9.06. The van der Waals surface area contributed by atoms with Crippen LogP contribution in [-0.4, -0.2) is 12.1 Å². The highest BCUT2D eigenvalue weighted by atomic mass is 15.0. The summed E-state index contributed by atoms with van der Waals surface area (Å²) in [4.78, 5) is 0. The van der Waals surface area contributed by atoms with Crippen molar-refractivity contribution in [3.8, 4) is 0 Å². The molecule has 0 spiro atoms. The van der Waals surface area contributed by atoms with E-state index in [1.807, 2.05) is 0 Å². The summed E-state index contributed by atoms with van der Waals surface area (Å²) in [5.41, 5.74) is 1.08. The fourth-order valence-electron chi connectivity index (χ4n) is 5.93. The van der Waals surface area contributed by atoms with Crippen molar-refractivity contribution in [1.82, 2.24) is 5.32 Å². The number of fused-ring (bicyclic) bond motifs is 2. The highest BCUT2D eigenvalue weighted by Crippen LogP contribution is 2.62. The highest BCUT2D eigenvalue weighted by Gasteiger charge is 2.59. The maximum atomic E-state index is 4.14. The first-order valence-electron chi connectivity index (χ1n) is 9.19. The molecule has 0 aromatic carbocycles. The minimum absolute atomic E-state index is 0.506. The summed E-state index contributed by atoms with van der Waals surface area (Å²) < 4.78 is 0. The van der Waals surface area contributed by atoms with Gasteiger partial charge in [0.1, 0.15) is 0 Å². The second kappa shape index (κ2) is 5.30. The Morgan fingerprint density at radius 3 is 2.15 bits per heavy atom. The summed E-state index contributed by atoms with van der Waals surface area (Å²) in [6.07, 6.45) is 13.2. The molecule has 1 N–H and O–H groups in total. The first-order valence-corrected chi connectivity index (χ1v) is 9.19. The predicted octanol–water partition coefficient (Wildman–Crippen LogP) is 5.15. The van der Waals surface area contributed by atoms with Gasteiger partial charge in [-0.25, -0.2) is 0 Å². The topological polar surface area (TPSA) is 12.0 Å². The van der Waals surface area contributed by atoms with E-state index in [1.165, 1.54) is 57.8 Å². The average Bonchev–Trinajstić information content (AvgIpc) is 2.71. The Labute approximate surface area is 126 Å². The molecule has 20 heavy (non-hydrogen) atoms.